The van der Waals surface area contributed by atoms with Gasteiger partial charge in [0, 0.05) is 25.7 Å². The molecule has 0 saturated carbocycles. The Kier molecular flexibility index (Phi) is 6.03. The van der Waals surface area contributed by atoms with Gasteiger partial charge in [-0.1, -0.05) is 23.7 Å². The Bertz CT molecular complexity index is 436. The highest BCUT2D eigenvalue weighted by molar-refractivity contribution is 7.71. The molecular formula is C12H16ClO4P. The molecule has 0 saturated heterocycles. The van der Waals surface area contributed by atoms with E-state index < -0.39 is 13.1 Å². The van der Waals surface area contributed by atoms with E-state index in [9.17, 15) is 9.36 Å². The molecule has 100 valence electrons. The van der Waals surface area contributed by atoms with Crippen LogP contribution in [-0.4, -0.2) is 19.7 Å². The maximum atomic E-state index is 11.7. The van der Waals surface area contributed by atoms with Crippen molar-refractivity contribution in [2.75, 3.05) is 14.2 Å². The van der Waals surface area contributed by atoms with Crippen molar-refractivity contribution in [3.63, 3.8) is 0 Å². The second-order valence-electron chi connectivity index (χ2n) is 3.74. The maximum absolute atomic E-state index is 11.7. The van der Waals surface area contributed by atoms with E-state index in [4.69, 9.17) is 11.6 Å². The summed E-state index contributed by atoms with van der Waals surface area (Å²) in [6, 6.07) is 7.40. The first-order valence-electron chi connectivity index (χ1n) is 5.51. The van der Waals surface area contributed by atoms with E-state index in [2.05, 4.69) is 9.05 Å². The minimum absolute atomic E-state index is 0.168. The van der Waals surface area contributed by atoms with Crippen molar-refractivity contribution >= 4 is 24.7 Å². The minimum Gasteiger partial charge on any atom is -0.307 e. The molecule has 0 radical (unpaired) electrons. The fourth-order valence-electron chi connectivity index (χ4n) is 1.51. The summed E-state index contributed by atoms with van der Waals surface area (Å²) in [5, 5.41) is 0.679. The molecule has 1 aromatic carbocycles. The van der Waals surface area contributed by atoms with Gasteiger partial charge in [0.1, 0.15) is 0 Å². The molecule has 0 aliphatic rings. The third-order valence-electron chi connectivity index (χ3n) is 2.56. The van der Waals surface area contributed by atoms with Crippen LogP contribution in [0.5, 0.6) is 0 Å². The van der Waals surface area contributed by atoms with Crippen LogP contribution in [0.15, 0.2) is 24.3 Å². The first-order chi connectivity index (χ1) is 8.51. The largest absolute Gasteiger partial charge is 0.396 e. The molecule has 4 nitrogen and oxygen atoms in total. The summed E-state index contributed by atoms with van der Waals surface area (Å²) in [6.45, 7) is 0. The normalized spacial score (nSPS) is 11.5. The van der Waals surface area contributed by atoms with Gasteiger partial charge in [-0.25, -0.2) is 0 Å². The average Bonchev–Trinajstić information content (AvgIpc) is 2.40. The Morgan fingerprint density at radius 1 is 1.22 bits per heavy atom. The molecule has 6 heteroatoms. The Morgan fingerprint density at radius 2 is 1.78 bits per heavy atom. The van der Waals surface area contributed by atoms with Crippen LogP contribution in [0.1, 0.15) is 18.4 Å². The Hall–Kier alpha value is -0.670. The summed E-state index contributed by atoms with van der Waals surface area (Å²) in [4.78, 5) is 11.6. The van der Waals surface area contributed by atoms with E-state index in [1.165, 1.54) is 14.2 Å². The highest BCUT2D eigenvalue weighted by Gasteiger charge is 2.30. The van der Waals surface area contributed by atoms with Crippen molar-refractivity contribution in [1.29, 1.82) is 0 Å². The number of aryl methyl sites for hydroxylation is 1. The van der Waals surface area contributed by atoms with Crippen LogP contribution in [0.4, 0.5) is 0 Å². The van der Waals surface area contributed by atoms with Gasteiger partial charge in [0.25, 0.3) is 0 Å². The lowest BCUT2D eigenvalue weighted by molar-refractivity contribution is -0.113. The summed E-state index contributed by atoms with van der Waals surface area (Å²) in [5.41, 5.74) is 0.596. The van der Waals surface area contributed by atoms with Crippen LogP contribution in [0.3, 0.4) is 0 Å². The Morgan fingerprint density at radius 3 is 2.28 bits per heavy atom. The highest BCUT2D eigenvalue weighted by Crippen LogP contribution is 2.48. The quantitative estimate of drug-likeness (QED) is 0.719. The lowest BCUT2D eigenvalue weighted by Gasteiger charge is -2.11. The number of halogens is 1. The molecule has 0 aromatic heterocycles. The van der Waals surface area contributed by atoms with Crippen LogP contribution < -0.4 is 0 Å². The van der Waals surface area contributed by atoms with Crippen LogP contribution in [0.25, 0.3) is 0 Å². The van der Waals surface area contributed by atoms with Gasteiger partial charge >= 0.3 is 7.60 Å². The predicted molar refractivity (Wildman–Crippen MR) is 71.0 cm³/mol. The lowest BCUT2D eigenvalue weighted by atomic mass is 10.1. The number of hydrogen-bond acceptors (Lipinski definition) is 4. The molecule has 18 heavy (non-hydrogen) atoms. The lowest BCUT2D eigenvalue weighted by Crippen LogP contribution is -2.04. The third-order valence-corrected chi connectivity index (χ3v) is 4.60. The number of hydrogen-bond donors (Lipinski definition) is 0. The van der Waals surface area contributed by atoms with Gasteiger partial charge in [-0.15, -0.1) is 0 Å². The van der Waals surface area contributed by atoms with Crippen molar-refractivity contribution in [2.24, 2.45) is 0 Å². The first kappa shape index (κ1) is 15.4. The van der Waals surface area contributed by atoms with Gasteiger partial charge < -0.3 is 9.05 Å². The van der Waals surface area contributed by atoms with Gasteiger partial charge in [-0.2, -0.15) is 0 Å². The van der Waals surface area contributed by atoms with Crippen LogP contribution in [0.2, 0.25) is 5.02 Å². The van der Waals surface area contributed by atoms with E-state index in [0.717, 1.165) is 12.0 Å². The molecule has 0 bridgehead atoms. The van der Waals surface area contributed by atoms with E-state index in [0.29, 0.717) is 11.4 Å². The molecule has 0 aliphatic carbocycles. The first-order valence-corrected chi connectivity index (χ1v) is 7.43. The molecule has 1 aromatic rings. The fourth-order valence-corrected chi connectivity index (χ4v) is 2.62. The SMILES string of the molecule is COP(=O)(OC)C(=O)CCCc1ccc(Cl)cc1. The third kappa shape index (κ3) is 4.21. The van der Waals surface area contributed by atoms with Crippen molar-refractivity contribution in [3.05, 3.63) is 34.9 Å². The standard InChI is InChI=1S/C12H16ClO4P/c1-16-18(15,17-2)12(14)5-3-4-10-6-8-11(13)9-7-10/h6-9H,3-5H2,1-2H3. The number of carbonyl (C=O) groups excluding carboxylic acids is 1. The fraction of sp³-hybridized carbons (Fsp3) is 0.417. The second-order valence-corrected chi connectivity index (χ2v) is 6.40. The topological polar surface area (TPSA) is 52.6 Å². The summed E-state index contributed by atoms with van der Waals surface area (Å²) in [5.74, 6) is 0. The number of rotatable bonds is 7. The summed E-state index contributed by atoms with van der Waals surface area (Å²) >= 11 is 5.77. The van der Waals surface area contributed by atoms with Gasteiger partial charge in [0.15, 0.2) is 0 Å². The molecule has 0 N–H and O–H groups in total. The molecular weight excluding hydrogens is 275 g/mol. The summed E-state index contributed by atoms with van der Waals surface area (Å²) < 4.78 is 21.0. The van der Waals surface area contributed by atoms with Crippen molar-refractivity contribution in [2.45, 2.75) is 19.3 Å². The molecule has 1 rings (SSSR count). The molecule has 0 atom stereocenters. The minimum atomic E-state index is -3.56. The van der Waals surface area contributed by atoms with Gasteiger partial charge in [-0.05, 0) is 30.5 Å². The number of benzene rings is 1. The second kappa shape index (κ2) is 7.05. The molecule has 0 fully saturated rings. The van der Waals surface area contributed by atoms with Gasteiger partial charge in [0.05, 0.1) is 0 Å². The van der Waals surface area contributed by atoms with E-state index in [1.54, 1.807) is 12.1 Å². The number of carbonyl (C=O) groups is 1. The smallest absolute Gasteiger partial charge is 0.307 e. The molecule has 0 amide bonds. The zero-order valence-electron chi connectivity index (χ0n) is 10.4. The van der Waals surface area contributed by atoms with Gasteiger partial charge in [-0.3, -0.25) is 9.36 Å². The van der Waals surface area contributed by atoms with Crippen LogP contribution in [-0.2, 0) is 24.8 Å². The van der Waals surface area contributed by atoms with Crippen LogP contribution >= 0.6 is 19.2 Å². The molecule has 0 heterocycles. The summed E-state index contributed by atoms with van der Waals surface area (Å²) in [7, 11) is -1.14. The average molecular weight is 291 g/mol. The van der Waals surface area contributed by atoms with Crippen molar-refractivity contribution < 1.29 is 18.4 Å². The molecule has 0 aliphatic heterocycles. The Labute approximate surface area is 112 Å². The van der Waals surface area contributed by atoms with Crippen molar-refractivity contribution in [1.82, 2.24) is 0 Å². The zero-order valence-corrected chi connectivity index (χ0v) is 12.0. The van der Waals surface area contributed by atoms with Gasteiger partial charge in [0.2, 0.25) is 5.52 Å². The zero-order chi connectivity index (χ0) is 13.6. The predicted octanol–water partition coefficient (Wildman–Crippen LogP) is 3.68. The van der Waals surface area contributed by atoms with E-state index >= 15 is 0 Å². The highest BCUT2D eigenvalue weighted by atomic mass is 35.5. The van der Waals surface area contributed by atoms with Crippen LogP contribution in [0, 0.1) is 0 Å². The summed E-state index contributed by atoms with van der Waals surface area (Å²) in [6.07, 6.45) is 1.48. The molecule has 0 unspecified atom stereocenters. The van der Waals surface area contributed by atoms with E-state index in [-0.39, 0.29) is 6.42 Å². The van der Waals surface area contributed by atoms with Crippen molar-refractivity contribution in [3.8, 4) is 0 Å². The maximum Gasteiger partial charge on any atom is 0.396 e. The van der Waals surface area contributed by atoms with E-state index in [1.807, 2.05) is 12.1 Å². The monoisotopic (exact) mass is 290 g/mol. The Balaban J connectivity index is 2.45. The molecule has 0 spiro atoms.